The van der Waals surface area contributed by atoms with Gasteiger partial charge in [0.05, 0.1) is 13.2 Å². The molecule has 6 nitrogen and oxygen atoms in total. The minimum absolute atomic E-state index is 0.0948. The fourth-order valence-electron chi connectivity index (χ4n) is 2.61. The van der Waals surface area contributed by atoms with E-state index in [-0.39, 0.29) is 43.8 Å². The fourth-order valence-corrected chi connectivity index (χ4v) is 3.19. The standard InChI is InChI=1S/C16H21Cl5N2O4/c1-3-13(24)22-9(4-5-12(17)18)15(26)23-10(6-7-16(19,20)21)11(27-2)8-14(23)25/h8-10,12H,3-7H2,1-2H3,(H,22,24). The average Bonchev–Trinajstić information content (AvgIpc) is 2.90. The van der Waals surface area contributed by atoms with Gasteiger partial charge in [-0.15, -0.1) is 23.2 Å². The molecule has 0 saturated heterocycles. The second-order valence-corrected chi connectivity index (χ2v) is 9.70. The van der Waals surface area contributed by atoms with E-state index < -0.39 is 32.5 Å². The number of hydrogen-bond acceptors (Lipinski definition) is 4. The molecule has 0 saturated carbocycles. The highest BCUT2D eigenvalue weighted by Crippen LogP contribution is 2.35. The number of amides is 3. The van der Waals surface area contributed by atoms with E-state index in [1.807, 2.05) is 0 Å². The molecule has 1 rings (SSSR count). The molecule has 2 atom stereocenters. The molecule has 0 bridgehead atoms. The van der Waals surface area contributed by atoms with E-state index in [4.69, 9.17) is 62.7 Å². The molecule has 0 aromatic carbocycles. The maximum atomic E-state index is 13.0. The van der Waals surface area contributed by atoms with Gasteiger partial charge in [-0.25, -0.2) is 0 Å². The Labute approximate surface area is 183 Å². The number of ether oxygens (including phenoxy) is 1. The van der Waals surface area contributed by atoms with Gasteiger partial charge in [-0.2, -0.15) is 0 Å². The van der Waals surface area contributed by atoms with Crippen molar-refractivity contribution in [1.82, 2.24) is 10.2 Å². The number of nitrogens with one attached hydrogen (secondary N) is 1. The van der Waals surface area contributed by atoms with Crippen LogP contribution in [-0.4, -0.2) is 50.4 Å². The van der Waals surface area contributed by atoms with Crippen LogP contribution in [0.1, 0.15) is 39.0 Å². The quantitative estimate of drug-likeness (QED) is 0.506. The normalized spacial score (nSPS) is 18.5. The Morgan fingerprint density at radius 3 is 2.41 bits per heavy atom. The lowest BCUT2D eigenvalue weighted by Crippen LogP contribution is -2.52. The van der Waals surface area contributed by atoms with Gasteiger partial charge in [0.1, 0.15) is 16.6 Å². The van der Waals surface area contributed by atoms with Crippen LogP contribution in [0.25, 0.3) is 0 Å². The number of carbonyl (C=O) groups excluding carboxylic acids is 3. The lowest BCUT2D eigenvalue weighted by Gasteiger charge is -2.29. The molecule has 0 aromatic rings. The summed E-state index contributed by atoms with van der Waals surface area (Å²) in [6, 6.07) is -1.68. The second kappa shape index (κ2) is 11.0. The van der Waals surface area contributed by atoms with Crippen molar-refractivity contribution < 1.29 is 19.1 Å². The van der Waals surface area contributed by atoms with Crippen LogP contribution in [0, 0.1) is 0 Å². The minimum atomic E-state index is -1.54. The molecule has 0 radical (unpaired) electrons. The van der Waals surface area contributed by atoms with Crippen molar-refractivity contribution >= 4 is 75.7 Å². The van der Waals surface area contributed by atoms with Gasteiger partial charge in [0.25, 0.3) is 11.8 Å². The molecular formula is C16H21Cl5N2O4. The molecule has 1 aliphatic rings. The molecule has 0 fully saturated rings. The summed E-state index contributed by atoms with van der Waals surface area (Å²) in [5.41, 5.74) is 0. The Hall–Kier alpha value is -0.400. The number of nitrogens with zero attached hydrogens (tertiary/aromatic N) is 1. The van der Waals surface area contributed by atoms with Crippen LogP contribution in [-0.2, 0) is 19.1 Å². The van der Waals surface area contributed by atoms with Gasteiger partial charge in [0, 0.05) is 12.5 Å². The second-order valence-electron chi connectivity index (χ2n) is 5.91. The van der Waals surface area contributed by atoms with Crippen LogP contribution in [0.5, 0.6) is 0 Å². The van der Waals surface area contributed by atoms with Gasteiger partial charge in [0.2, 0.25) is 5.91 Å². The maximum absolute atomic E-state index is 13.0. The first-order valence-corrected chi connectivity index (χ1v) is 10.3. The summed E-state index contributed by atoms with van der Waals surface area (Å²) in [5.74, 6) is -1.20. The summed E-state index contributed by atoms with van der Waals surface area (Å²) in [6.07, 6.45) is 2.11. The highest BCUT2D eigenvalue weighted by atomic mass is 35.6. The Balaban J connectivity index is 3.03. The fraction of sp³-hybridized carbons (Fsp3) is 0.688. The Morgan fingerprint density at radius 1 is 1.30 bits per heavy atom. The van der Waals surface area contributed by atoms with Crippen molar-refractivity contribution in [3.63, 3.8) is 0 Å². The van der Waals surface area contributed by atoms with E-state index in [9.17, 15) is 14.4 Å². The molecule has 1 aliphatic heterocycles. The van der Waals surface area contributed by atoms with Crippen LogP contribution in [0.4, 0.5) is 0 Å². The predicted octanol–water partition coefficient (Wildman–Crippen LogP) is 3.88. The van der Waals surface area contributed by atoms with E-state index in [1.54, 1.807) is 6.92 Å². The van der Waals surface area contributed by atoms with Gasteiger partial charge in [0.15, 0.2) is 3.79 Å². The topological polar surface area (TPSA) is 75.7 Å². The summed E-state index contributed by atoms with van der Waals surface area (Å²) < 4.78 is 3.67. The number of carbonyl (C=O) groups is 3. The average molecular weight is 483 g/mol. The van der Waals surface area contributed by atoms with Crippen LogP contribution in [0.3, 0.4) is 0 Å². The van der Waals surface area contributed by atoms with Crippen molar-refractivity contribution in [2.45, 2.75) is 59.7 Å². The van der Waals surface area contributed by atoms with Gasteiger partial charge in [-0.05, 0) is 25.7 Å². The molecule has 27 heavy (non-hydrogen) atoms. The molecule has 3 amide bonds. The highest BCUT2D eigenvalue weighted by Gasteiger charge is 2.42. The van der Waals surface area contributed by atoms with E-state index >= 15 is 0 Å². The van der Waals surface area contributed by atoms with Crippen molar-refractivity contribution in [2.75, 3.05) is 7.11 Å². The van der Waals surface area contributed by atoms with Gasteiger partial charge >= 0.3 is 0 Å². The van der Waals surface area contributed by atoms with E-state index in [0.29, 0.717) is 0 Å². The third kappa shape index (κ3) is 7.86. The first-order valence-electron chi connectivity index (χ1n) is 8.27. The number of alkyl halides is 5. The minimum Gasteiger partial charge on any atom is -0.499 e. The summed E-state index contributed by atoms with van der Waals surface area (Å²) in [6.45, 7) is 1.65. The molecule has 1 heterocycles. The van der Waals surface area contributed by atoms with Gasteiger partial charge < -0.3 is 10.1 Å². The van der Waals surface area contributed by atoms with Crippen molar-refractivity contribution in [3.8, 4) is 0 Å². The molecule has 11 heteroatoms. The largest absolute Gasteiger partial charge is 0.499 e. The van der Waals surface area contributed by atoms with Gasteiger partial charge in [-0.3, -0.25) is 19.3 Å². The highest BCUT2D eigenvalue weighted by molar-refractivity contribution is 6.67. The van der Waals surface area contributed by atoms with Crippen molar-refractivity contribution in [2.24, 2.45) is 0 Å². The smallest absolute Gasteiger partial charge is 0.257 e. The molecule has 0 spiro atoms. The molecule has 154 valence electrons. The van der Waals surface area contributed by atoms with Crippen LogP contribution in [0.2, 0.25) is 0 Å². The van der Waals surface area contributed by atoms with Crippen molar-refractivity contribution in [3.05, 3.63) is 11.8 Å². The van der Waals surface area contributed by atoms with Crippen LogP contribution in [0.15, 0.2) is 11.8 Å². The molecule has 0 aliphatic carbocycles. The zero-order valence-corrected chi connectivity index (χ0v) is 18.6. The third-order valence-electron chi connectivity index (χ3n) is 3.95. The summed E-state index contributed by atoms with van der Waals surface area (Å²) >= 11 is 28.9. The lowest BCUT2D eigenvalue weighted by molar-refractivity contribution is -0.146. The van der Waals surface area contributed by atoms with Crippen molar-refractivity contribution in [1.29, 1.82) is 0 Å². The Kier molecular flexibility index (Phi) is 10.00. The Bertz CT molecular complexity index is 592. The zero-order chi connectivity index (χ0) is 20.8. The number of imide groups is 1. The molecule has 0 aromatic heterocycles. The third-order valence-corrected chi connectivity index (χ3v) is 4.95. The number of rotatable bonds is 9. The first kappa shape index (κ1) is 24.6. The van der Waals surface area contributed by atoms with E-state index in [0.717, 1.165) is 4.90 Å². The Morgan fingerprint density at radius 2 is 1.93 bits per heavy atom. The monoisotopic (exact) mass is 480 g/mol. The van der Waals surface area contributed by atoms with Gasteiger partial charge in [-0.1, -0.05) is 41.7 Å². The predicted molar refractivity (Wildman–Crippen MR) is 107 cm³/mol. The first-order chi connectivity index (χ1) is 12.5. The van der Waals surface area contributed by atoms with E-state index in [2.05, 4.69) is 5.32 Å². The SMILES string of the molecule is CCC(=O)NC(CCC(Cl)Cl)C(=O)N1C(=O)C=C(OC)C1CCC(Cl)(Cl)Cl. The van der Waals surface area contributed by atoms with E-state index in [1.165, 1.54) is 13.2 Å². The number of hydrogen-bond donors (Lipinski definition) is 1. The maximum Gasteiger partial charge on any atom is 0.257 e. The summed E-state index contributed by atoms with van der Waals surface area (Å²) in [7, 11) is 1.39. The summed E-state index contributed by atoms with van der Waals surface area (Å²) in [5, 5.41) is 2.60. The van der Waals surface area contributed by atoms with Crippen LogP contribution >= 0.6 is 58.0 Å². The summed E-state index contributed by atoms with van der Waals surface area (Å²) in [4.78, 5) is 37.6. The zero-order valence-electron chi connectivity index (χ0n) is 14.8. The number of methoxy groups -OCH3 is 1. The molecular weight excluding hydrogens is 461 g/mol. The molecule has 1 N–H and O–H groups in total. The number of halogens is 5. The molecule has 2 unspecified atom stereocenters. The lowest BCUT2D eigenvalue weighted by atomic mass is 10.1. The van der Waals surface area contributed by atoms with Crippen LogP contribution < -0.4 is 5.32 Å².